The third-order valence-corrected chi connectivity index (χ3v) is 6.53. The molecule has 0 bridgehead atoms. The highest BCUT2D eigenvalue weighted by Gasteiger charge is 2.29. The predicted octanol–water partition coefficient (Wildman–Crippen LogP) is 2.01. The van der Waals surface area contributed by atoms with Gasteiger partial charge in [-0.2, -0.15) is 4.31 Å². The third-order valence-electron chi connectivity index (χ3n) is 4.61. The molecule has 1 aromatic heterocycles. The molecule has 1 saturated heterocycles. The summed E-state index contributed by atoms with van der Waals surface area (Å²) in [5.74, 6) is 0.132. The lowest BCUT2D eigenvalue weighted by atomic mass is 9.91. The van der Waals surface area contributed by atoms with E-state index in [0.29, 0.717) is 24.6 Å². The zero-order valence-corrected chi connectivity index (χ0v) is 14.9. The number of carbonyl (C=O) groups is 1. The number of aromatic nitrogens is 1. The second-order valence-corrected chi connectivity index (χ2v) is 8.00. The van der Waals surface area contributed by atoms with Crippen LogP contribution in [0.3, 0.4) is 0 Å². The first-order valence-corrected chi connectivity index (χ1v) is 9.68. The van der Waals surface area contributed by atoms with Gasteiger partial charge in [0.15, 0.2) is 0 Å². The van der Waals surface area contributed by atoms with E-state index in [1.54, 1.807) is 19.4 Å². The average molecular weight is 359 g/mol. The number of amides is 1. The van der Waals surface area contributed by atoms with Gasteiger partial charge in [-0.3, -0.25) is 9.78 Å². The van der Waals surface area contributed by atoms with Crippen molar-refractivity contribution in [2.45, 2.75) is 23.7 Å². The van der Waals surface area contributed by atoms with Crippen molar-refractivity contribution in [1.29, 1.82) is 0 Å². The van der Waals surface area contributed by atoms with Crippen LogP contribution in [-0.2, 0) is 10.0 Å². The lowest BCUT2D eigenvalue weighted by molar-refractivity contribution is 0.0963. The van der Waals surface area contributed by atoms with Crippen molar-refractivity contribution in [2.75, 3.05) is 20.1 Å². The number of pyridine rings is 1. The van der Waals surface area contributed by atoms with Gasteiger partial charge in [-0.25, -0.2) is 8.42 Å². The van der Waals surface area contributed by atoms with Crippen LogP contribution in [0.1, 0.15) is 34.7 Å². The Bertz CT molecular complexity index is 828. The summed E-state index contributed by atoms with van der Waals surface area (Å²) in [5, 5.41) is 2.52. The molecule has 0 saturated carbocycles. The molecule has 0 aliphatic carbocycles. The first-order valence-electron chi connectivity index (χ1n) is 8.24. The van der Waals surface area contributed by atoms with Crippen LogP contribution in [0.5, 0.6) is 0 Å². The zero-order chi connectivity index (χ0) is 17.9. The lowest BCUT2D eigenvalue weighted by Gasteiger charge is -2.31. The molecule has 1 aliphatic heterocycles. The van der Waals surface area contributed by atoms with E-state index in [1.165, 1.54) is 34.1 Å². The highest BCUT2D eigenvalue weighted by atomic mass is 32.2. The van der Waals surface area contributed by atoms with Crippen LogP contribution in [0.25, 0.3) is 0 Å². The molecule has 1 fully saturated rings. The molecule has 1 aromatic carbocycles. The minimum absolute atomic E-state index is 0.225. The van der Waals surface area contributed by atoms with Gasteiger partial charge in [-0.15, -0.1) is 0 Å². The van der Waals surface area contributed by atoms with E-state index in [4.69, 9.17) is 0 Å². The van der Waals surface area contributed by atoms with Gasteiger partial charge in [0.25, 0.3) is 5.91 Å². The van der Waals surface area contributed by atoms with Crippen molar-refractivity contribution in [3.8, 4) is 0 Å². The van der Waals surface area contributed by atoms with E-state index in [2.05, 4.69) is 10.3 Å². The van der Waals surface area contributed by atoms with Gasteiger partial charge in [-0.05, 0) is 60.7 Å². The molecule has 2 heterocycles. The zero-order valence-electron chi connectivity index (χ0n) is 14.1. The van der Waals surface area contributed by atoms with Crippen LogP contribution in [0.4, 0.5) is 0 Å². The van der Waals surface area contributed by atoms with Gasteiger partial charge in [0.05, 0.1) is 4.90 Å². The van der Waals surface area contributed by atoms with Crippen molar-refractivity contribution < 1.29 is 13.2 Å². The Balaban J connectivity index is 1.70. The molecule has 7 heteroatoms. The molecule has 132 valence electrons. The molecule has 25 heavy (non-hydrogen) atoms. The SMILES string of the molecule is CNC(=O)c1ccc(S(=O)(=O)N2CCC(c3ccncc3)CC2)cc1. The van der Waals surface area contributed by atoms with E-state index in [1.807, 2.05) is 12.1 Å². The Morgan fingerprint density at radius 1 is 1.08 bits per heavy atom. The second-order valence-electron chi connectivity index (χ2n) is 6.06. The Labute approximate surface area is 147 Å². The average Bonchev–Trinajstić information content (AvgIpc) is 2.68. The normalized spacial score (nSPS) is 16.5. The van der Waals surface area contributed by atoms with Gasteiger partial charge in [-0.1, -0.05) is 0 Å². The molecule has 0 radical (unpaired) electrons. The summed E-state index contributed by atoms with van der Waals surface area (Å²) in [7, 11) is -1.99. The summed E-state index contributed by atoms with van der Waals surface area (Å²) in [6.45, 7) is 0.985. The summed E-state index contributed by atoms with van der Waals surface area (Å²) < 4.78 is 27.1. The Kier molecular flexibility index (Phi) is 5.15. The standard InChI is InChI=1S/C18H21N3O3S/c1-19-18(22)16-2-4-17(5-3-16)25(23,24)21-12-8-15(9-13-21)14-6-10-20-11-7-14/h2-7,10-11,15H,8-9,12-13H2,1H3,(H,19,22). The number of hydrogen-bond acceptors (Lipinski definition) is 4. The molecule has 3 rings (SSSR count). The molecule has 2 aromatic rings. The maximum absolute atomic E-state index is 12.8. The summed E-state index contributed by atoms with van der Waals surface area (Å²) >= 11 is 0. The monoisotopic (exact) mass is 359 g/mol. The highest BCUT2D eigenvalue weighted by molar-refractivity contribution is 7.89. The molecule has 0 spiro atoms. The molecule has 0 atom stereocenters. The van der Waals surface area contributed by atoms with Crippen molar-refractivity contribution in [2.24, 2.45) is 0 Å². The third kappa shape index (κ3) is 3.72. The maximum atomic E-state index is 12.8. The summed E-state index contributed by atoms with van der Waals surface area (Å²) in [4.78, 5) is 15.8. The minimum Gasteiger partial charge on any atom is -0.355 e. The van der Waals surface area contributed by atoms with Crippen molar-refractivity contribution in [3.05, 3.63) is 59.9 Å². The fourth-order valence-electron chi connectivity index (χ4n) is 3.14. The maximum Gasteiger partial charge on any atom is 0.251 e. The van der Waals surface area contributed by atoms with E-state index in [0.717, 1.165) is 12.8 Å². The minimum atomic E-state index is -3.53. The van der Waals surface area contributed by atoms with Gasteiger partial charge in [0.2, 0.25) is 10.0 Å². The topological polar surface area (TPSA) is 79.4 Å². The van der Waals surface area contributed by atoms with E-state index < -0.39 is 10.0 Å². The number of sulfonamides is 1. The van der Waals surface area contributed by atoms with Crippen LogP contribution in [0.2, 0.25) is 0 Å². The fraction of sp³-hybridized carbons (Fsp3) is 0.333. The van der Waals surface area contributed by atoms with Crippen molar-refractivity contribution in [3.63, 3.8) is 0 Å². The van der Waals surface area contributed by atoms with E-state index in [-0.39, 0.29) is 10.8 Å². The molecule has 1 amide bonds. The van der Waals surface area contributed by atoms with Crippen LogP contribution in [0.15, 0.2) is 53.7 Å². The fourth-order valence-corrected chi connectivity index (χ4v) is 4.61. The van der Waals surface area contributed by atoms with Gasteiger partial charge in [0, 0.05) is 38.1 Å². The smallest absolute Gasteiger partial charge is 0.251 e. The molecule has 0 unspecified atom stereocenters. The van der Waals surface area contributed by atoms with Gasteiger partial charge in [0.1, 0.15) is 0 Å². The first-order chi connectivity index (χ1) is 12.0. The number of benzene rings is 1. The van der Waals surface area contributed by atoms with Gasteiger partial charge >= 0.3 is 0 Å². The second kappa shape index (κ2) is 7.33. The van der Waals surface area contributed by atoms with Gasteiger partial charge < -0.3 is 5.32 Å². The van der Waals surface area contributed by atoms with Crippen molar-refractivity contribution in [1.82, 2.24) is 14.6 Å². The number of piperidine rings is 1. The Morgan fingerprint density at radius 2 is 1.68 bits per heavy atom. The van der Waals surface area contributed by atoms with E-state index in [9.17, 15) is 13.2 Å². The van der Waals surface area contributed by atoms with Crippen LogP contribution < -0.4 is 5.32 Å². The van der Waals surface area contributed by atoms with E-state index >= 15 is 0 Å². The molecular formula is C18H21N3O3S. The first kappa shape index (κ1) is 17.6. The number of nitrogens with zero attached hydrogens (tertiary/aromatic N) is 2. The number of hydrogen-bond donors (Lipinski definition) is 1. The van der Waals surface area contributed by atoms with Crippen LogP contribution in [0, 0.1) is 0 Å². The molecule has 1 aliphatic rings. The molecule has 6 nitrogen and oxygen atoms in total. The summed E-state index contributed by atoms with van der Waals surface area (Å²) in [5.41, 5.74) is 1.65. The Morgan fingerprint density at radius 3 is 2.24 bits per heavy atom. The van der Waals surface area contributed by atoms with Crippen molar-refractivity contribution >= 4 is 15.9 Å². The highest BCUT2D eigenvalue weighted by Crippen LogP contribution is 2.30. The lowest BCUT2D eigenvalue weighted by Crippen LogP contribution is -2.37. The Hall–Kier alpha value is -2.25. The summed E-state index contributed by atoms with van der Waals surface area (Å²) in [6.07, 6.45) is 5.12. The number of rotatable bonds is 4. The number of carbonyl (C=O) groups excluding carboxylic acids is 1. The molecule has 1 N–H and O–H groups in total. The largest absolute Gasteiger partial charge is 0.355 e. The summed E-state index contributed by atoms with van der Waals surface area (Å²) in [6, 6.07) is 10.0. The van der Waals surface area contributed by atoms with Crippen LogP contribution >= 0.6 is 0 Å². The molecular weight excluding hydrogens is 338 g/mol. The quantitative estimate of drug-likeness (QED) is 0.906. The predicted molar refractivity (Wildman–Crippen MR) is 94.8 cm³/mol. The van der Waals surface area contributed by atoms with Crippen LogP contribution in [-0.4, -0.2) is 43.8 Å². The number of nitrogens with one attached hydrogen (secondary N) is 1.